The number of nitrogens with zero attached hydrogens (tertiary/aromatic N) is 3. The molecule has 0 saturated heterocycles. The maximum absolute atomic E-state index is 9.94. The van der Waals surface area contributed by atoms with Crippen molar-refractivity contribution in [2.24, 2.45) is 0 Å². The molecule has 1 aliphatic carbocycles. The molecule has 3 aromatic rings. The first-order valence-electron chi connectivity index (χ1n) is 8.20. The lowest BCUT2D eigenvalue weighted by Crippen LogP contribution is -2.05. The molecule has 6 nitrogen and oxygen atoms in total. The third-order valence-electron chi connectivity index (χ3n) is 4.66. The van der Waals surface area contributed by atoms with Crippen molar-refractivity contribution < 1.29 is 5.11 Å². The van der Waals surface area contributed by atoms with E-state index in [0.717, 1.165) is 28.9 Å². The lowest BCUT2D eigenvalue weighted by molar-refractivity contribution is 0.466. The Kier molecular flexibility index (Phi) is 3.80. The first kappa shape index (κ1) is 15.8. The van der Waals surface area contributed by atoms with Crippen molar-refractivity contribution in [1.82, 2.24) is 20.2 Å². The van der Waals surface area contributed by atoms with Gasteiger partial charge >= 0.3 is 0 Å². The highest BCUT2D eigenvalue weighted by Gasteiger charge is 2.38. The molecule has 0 spiro atoms. The molecule has 1 saturated carbocycles. The molecule has 1 heterocycles. The molecule has 0 radical (unpaired) electrons. The normalized spacial score (nSPS) is 19.0. The van der Waals surface area contributed by atoms with Gasteiger partial charge in [-0.3, -0.25) is 0 Å². The number of phenols is 1. The van der Waals surface area contributed by atoms with Gasteiger partial charge in [0.1, 0.15) is 5.75 Å². The maximum atomic E-state index is 9.94. The van der Waals surface area contributed by atoms with Gasteiger partial charge < -0.3 is 10.4 Å². The predicted octanol–water partition coefficient (Wildman–Crippen LogP) is 3.62. The average molecular weight is 353 g/mol. The van der Waals surface area contributed by atoms with E-state index < -0.39 is 0 Å². The first-order chi connectivity index (χ1) is 12.0. The van der Waals surface area contributed by atoms with Crippen LogP contribution in [-0.2, 0) is 0 Å². The van der Waals surface area contributed by atoms with E-state index in [2.05, 4.69) is 33.0 Å². The second-order valence-electron chi connectivity index (χ2n) is 6.56. The summed E-state index contributed by atoms with van der Waals surface area (Å²) in [6.07, 6.45) is 1.08. The third-order valence-corrected chi connectivity index (χ3v) is 4.92. The first-order valence-corrected chi connectivity index (χ1v) is 8.61. The maximum Gasteiger partial charge on any atom is 0.242 e. The molecule has 0 amide bonds. The predicted molar refractivity (Wildman–Crippen MR) is 98.9 cm³/mol. The molecular formula is C18H19N5OS. The summed E-state index contributed by atoms with van der Waals surface area (Å²) in [5.74, 6) is 0.865. The SMILES string of the molecule is Cc1cc(C2CC2Nc2cccc(-n3[nH]nnc3=S)c2)cc(C)c1O. The number of phenolic OH excluding ortho intramolecular Hbond substituents is 1. The fraction of sp³-hybridized carbons (Fsp3) is 0.278. The lowest BCUT2D eigenvalue weighted by atomic mass is 10.0. The van der Waals surface area contributed by atoms with Crippen molar-refractivity contribution in [2.45, 2.75) is 32.2 Å². The van der Waals surface area contributed by atoms with Crippen molar-refractivity contribution in [3.05, 3.63) is 57.9 Å². The largest absolute Gasteiger partial charge is 0.507 e. The second kappa shape index (κ2) is 6.00. The number of aromatic amines is 1. The molecular weight excluding hydrogens is 334 g/mol. The zero-order valence-electron chi connectivity index (χ0n) is 14.0. The van der Waals surface area contributed by atoms with Gasteiger partial charge in [-0.2, -0.15) is 5.21 Å². The lowest BCUT2D eigenvalue weighted by Gasteiger charge is -2.10. The van der Waals surface area contributed by atoms with Crippen molar-refractivity contribution in [2.75, 3.05) is 5.32 Å². The zero-order chi connectivity index (χ0) is 17.6. The van der Waals surface area contributed by atoms with E-state index in [1.165, 1.54) is 5.56 Å². The fourth-order valence-corrected chi connectivity index (χ4v) is 3.43. The number of benzene rings is 2. The number of aryl methyl sites for hydroxylation is 2. The smallest absolute Gasteiger partial charge is 0.242 e. The van der Waals surface area contributed by atoms with E-state index in [1.54, 1.807) is 4.68 Å². The van der Waals surface area contributed by atoms with E-state index in [1.807, 2.05) is 38.1 Å². The van der Waals surface area contributed by atoms with Crippen LogP contribution in [0, 0.1) is 18.6 Å². The number of H-pyrrole nitrogens is 1. The minimum atomic E-state index is 0.395. The van der Waals surface area contributed by atoms with Gasteiger partial charge in [-0.05, 0) is 67.4 Å². The summed E-state index contributed by atoms with van der Waals surface area (Å²) in [7, 11) is 0. The third kappa shape index (κ3) is 3.02. The van der Waals surface area contributed by atoms with Crippen LogP contribution in [0.5, 0.6) is 5.75 Å². The average Bonchev–Trinajstić information content (AvgIpc) is 3.22. The highest BCUT2D eigenvalue weighted by atomic mass is 32.1. The van der Waals surface area contributed by atoms with Crippen LogP contribution in [0.2, 0.25) is 0 Å². The summed E-state index contributed by atoms with van der Waals surface area (Å²) in [6, 6.07) is 12.6. The standard InChI is InChI=1S/C18H19N5OS/c1-10-6-12(7-11(2)17(10)24)15-9-16(15)19-13-4-3-5-14(8-13)23-18(25)20-21-22-23/h3-8,15-16,19,24H,9H2,1-2H3,(H,20,22,25). The van der Waals surface area contributed by atoms with E-state index in [0.29, 0.717) is 22.5 Å². The van der Waals surface area contributed by atoms with Crippen LogP contribution < -0.4 is 5.32 Å². The van der Waals surface area contributed by atoms with E-state index in [4.69, 9.17) is 12.2 Å². The molecule has 2 atom stereocenters. The molecule has 4 rings (SSSR count). The summed E-state index contributed by atoms with van der Waals surface area (Å²) in [5.41, 5.74) is 5.08. The summed E-state index contributed by atoms with van der Waals surface area (Å²) >= 11 is 5.15. The van der Waals surface area contributed by atoms with Crippen LogP contribution in [0.25, 0.3) is 5.69 Å². The van der Waals surface area contributed by atoms with Gasteiger partial charge in [0.15, 0.2) is 0 Å². The Labute approximate surface area is 150 Å². The molecule has 128 valence electrons. The Hall–Kier alpha value is -2.67. The minimum absolute atomic E-state index is 0.395. The van der Waals surface area contributed by atoms with E-state index >= 15 is 0 Å². The Morgan fingerprint density at radius 2 is 2.00 bits per heavy atom. The summed E-state index contributed by atoms with van der Waals surface area (Å²) in [4.78, 5) is 0. The Morgan fingerprint density at radius 3 is 2.68 bits per heavy atom. The number of nitrogens with one attached hydrogen (secondary N) is 2. The van der Waals surface area contributed by atoms with Crippen LogP contribution in [0.1, 0.15) is 29.0 Å². The summed E-state index contributed by atoms with van der Waals surface area (Å²) in [6.45, 7) is 3.89. The highest BCUT2D eigenvalue weighted by Crippen LogP contribution is 2.44. The van der Waals surface area contributed by atoms with Gasteiger partial charge in [-0.15, -0.1) is 0 Å². The molecule has 7 heteroatoms. The van der Waals surface area contributed by atoms with Crippen LogP contribution in [0.15, 0.2) is 36.4 Å². The number of hydrogen-bond acceptors (Lipinski definition) is 5. The number of rotatable bonds is 4. The number of tetrazole rings is 1. The van der Waals surface area contributed by atoms with Gasteiger partial charge in [-0.25, -0.2) is 4.68 Å². The molecule has 3 N–H and O–H groups in total. The quantitative estimate of drug-likeness (QED) is 0.625. The van der Waals surface area contributed by atoms with Crippen LogP contribution in [0.3, 0.4) is 0 Å². The Morgan fingerprint density at radius 1 is 1.24 bits per heavy atom. The van der Waals surface area contributed by atoms with Crippen molar-refractivity contribution in [1.29, 1.82) is 0 Å². The molecule has 1 aliphatic rings. The minimum Gasteiger partial charge on any atom is -0.507 e. The molecule has 2 unspecified atom stereocenters. The molecule has 1 fully saturated rings. The van der Waals surface area contributed by atoms with Crippen LogP contribution >= 0.6 is 12.2 Å². The number of aromatic nitrogens is 4. The summed E-state index contributed by atoms with van der Waals surface area (Å²) < 4.78 is 2.06. The number of anilines is 1. The van der Waals surface area contributed by atoms with Gasteiger partial charge in [0, 0.05) is 17.6 Å². The fourth-order valence-electron chi connectivity index (χ4n) is 3.24. The molecule has 1 aromatic heterocycles. The Balaban J connectivity index is 1.51. The second-order valence-corrected chi connectivity index (χ2v) is 6.93. The monoisotopic (exact) mass is 353 g/mol. The van der Waals surface area contributed by atoms with Gasteiger partial charge in [0.25, 0.3) is 0 Å². The molecule has 2 aromatic carbocycles. The van der Waals surface area contributed by atoms with Gasteiger partial charge in [-0.1, -0.05) is 28.5 Å². The zero-order valence-corrected chi connectivity index (χ0v) is 14.8. The Bertz CT molecular complexity index is 970. The summed E-state index contributed by atoms with van der Waals surface area (Å²) in [5, 5.41) is 23.8. The molecule has 0 bridgehead atoms. The van der Waals surface area contributed by atoms with Crippen molar-refractivity contribution in [3.63, 3.8) is 0 Å². The van der Waals surface area contributed by atoms with E-state index in [-0.39, 0.29) is 0 Å². The number of aromatic hydroxyl groups is 1. The van der Waals surface area contributed by atoms with Gasteiger partial charge in [0.05, 0.1) is 5.69 Å². The topological polar surface area (TPSA) is 78.8 Å². The van der Waals surface area contributed by atoms with Crippen molar-refractivity contribution in [3.8, 4) is 11.4 Å². The van der Waals surface area contributed by atoms with Crippen LogP contribution in [-0.4, -0.2) is 31.4 Å². The molecule has 0 aliphatic heterocycles. The van der Waals surface area contributed by atoms with Crippen LogP contribution in [0.4, 0.5) is 5.69 Å². The van der Waals surface area contributed by atoms with Crippen molar-refractivity contribution >= 4 is 17.9 Å². The molecule has 25 heavy (non-hydrogen) atoms. The number of hydrogen-bond donors (Lipinski definition) is 3. The highest BCUT2D eigenvalue weighted by molar-refractivity contribution is 7.71. The van der Waals surface area contributed by atoms with Gasteiger partial charge in [0.2, 0.25) is 4.77 Å². The van der Waals surface area contributed by atoms with E-state index in [9.17, 15) is 5.11 Å².